The maximum Gasteiger partial charge on any atom is 0.259 e. The fourth-order valence-corrected chi connectivity index (χ4v) is 3.62. The number of thiophene rings is 1. The van der Waals surface area contributed by atoms with E-state index in [2.05, 4.69) is 21.9 Å². The van der Waals surface area contributed by atoms with Crippen molar-refractivity contribution < 1.29 is 13.9 Å². The zero-order chi connectivity index (χ0) is 20.1. The molecule has 3 rings (SSSR count). The van der Waals surface area contributed by atoms with Crippen LogP contribution in [0.1, 0.15) is 21.5 Å². The topological polar surface area (TPSA) is 63.6 Å². The minimum absolute atomic E-state index is 0.0477. The van der Waals surface area contributed by atoms with Crippen molar-refractivity contribution in [3.05, 3.63) is 84.1 Å². The second-order valence-electron chi connectivity index (χ2n) is 5.82. The van der Waals surface area contributed by atoms with E-state index in [1.165, 1.54) is 29.9 Å². The van der Waals surface area contributed by atoms with Gasteiger partial charge in [0.25, 0.3) is 5.91 Å². The third-order valence-corrected chi connectivity index (χ3v) is 5.04. The smallest absolute Gasteiger partial charge is 0.259 e. The number of hydrogen-bond acceptors (Lipinski definition) is 5. The first kappa shape index (κ1) is 19.4. The molecule has 0 aliphatic carbocycles. The van der Waals surface area contributed by atoms with Crippen LogP contribution in [0.2, 0.25) is 0 Å². The Kier molecular flexibility index (Phi) is 5.96. The van der Waals surface area contributed by atoms with Crippen molar-refractivity contribution in [1.29, 1.82) is 0 Å². The van der Waals surface area contributed by atoms with E-state index in [0.717, 1.165) is 27.8 Å². The third kappa shape index (κ3) is 4.15. The number of aryl methyl sites for hydroxylation is 1. The van der Waals surface area contributed by atoms with Gasteiger partial charge in [0, 0.05) is 23.7 Å². The van der Waals surface area contributed by atoms with E-state index in [0.29, 0.717) is 10.9 Å². The van der Waals surface area contributed by atoms with E-state index in [4.69, 9.17) is 4.74 Å². The van der Waals surface area contributed by atoms with E-state index in [1.807, 2.05) is 31.2 Å². The van der Waals surface area contributed by atoms with E-state index >= 15 is 0 Å². The van der Waals surface area contributed by atoms with Crippen molar-refractivity contribution in [2.24, 2.45) is 4.99 Å². The number of nitrogens with one attached hydrogen (secondary N) is 1. The van der Waals surface area contributed by atoms with Gasteiger partial charge in [0.1, 0.15) is 0 Å². The number of halogens is 1. The lowest BCUT2D eigenvalue weighted by molar-refractivity contribution is 0.102. The molecule has 3 aromatic rings. The Morgan fingerprint density at radius 2 is 2.14 bits per heavy atom. The molecular formula is C21H18FN3O2S. The lowest BCUT2D eigenvalue weighted by Gasteiger charge is -2.09. The Morgan fingerprint density at radius 1 is 1.32 bits per heavy atom. The Morgan fingerprint density at radius 3 is 2.86 bits per heavy atom. The molecular weight excluding hydrogens is 377 g/mol. The molecule has 0 spiro atoms. The summed E-state index contributed by atoms with van der Waals surface area (Å²) >= 11 is 1.40. The molecule has 5 nitrogen and oxygen atoms in total. The predicted octanol–water partition coefficient (Wildman–Crippen LogP) is 5.05. The number of aromatic nitrogens is 1. The summed E-state index contributed by atoms with van der Waals surface area (Å²) in [5.74, 6) is -0.707. The molecule has 0 fully saturated rings. The summed E-state index contributed by atoms with van der Waals surface area (Å²) in [5, 5.41) is 3.35. The van der Waals surface area contributed by atoms with Crippen LogP contribution >= 0.6 is 11.3 Å². The van der Waals surface area contributed by atoms with Crippen molar-refractivity contribution in [3.8, 4) is 10.4 Å². The quantitative estimate of drug-likeness (QED) is 0.374. The maximum absolute atomic E-state index is 13.7. The van der Waals surface area contributed by atoms with Crippen molar-refractivity contribution >= 4 is 28.1 Å². The highest BCUT2D eigenvalue weighted by Gasteiger charge is 2.14. The van der Waals surface area contributed by atoms with Crippen molar-refractivity contribution in [2.45, 2.75) is 6.92 Å². The van der Waals surface area contributed by atoms with Crippen LogP contribution in [0.4, 0.5) is 9.39 Å². The van der Waals surface area contributed by atoms with Gasteiger partial charge in [-0.3, -0.25) is 14.8 Å². The second kappa shape index (κ2) is 8.58. The standard InChI is InChI=1S/C21H18FN3O2S/c1-4-27-21(23-3)14-6-5-13(2)16(11-14)18-7-8-19(28-18)25-20(26)15-9-10-24-12-17(15)22/h4-12H,1H2,2-3H3,(H,25,26)/b23-21-. The molecule has 0 aliphatic heterocycles. The molecule has 1 N–H and O–H groups in total. The molecule has 142 valence electrons. The first-order valence-corrected chi connectivity index (χ1v) is 9.21. The van der Waals surface area contributed by atoms with E-state index in [-0.39, 0.29) is 5.56 Å². The number of nitrogens with zero attached hydrogens (tertiary/aromatic N) is 2. The number of anilines is 1. The van der Waals surface area contributed by atoms with Crippen LogP contribution in [0.5, 0.6) is 0 Å². The Bertz CT molecular complexity index is 1060. The highest BCUT2D eigenvalue weighted by Crippen LogP contribution is 2.34. The van der Waals surface area contributed by atoms with Crippen LogP contribution in [-0.4, -0.2) is 23.8 Å². The van der Waals surface area contributed by atoms with Crippen LogP contribution in [0.15, 0.2) is 66.6 Å². The fraction of sp³-hybridized carbons (Fsp3) is 0.0952. The first-order chi connectivity index (χ1) is 13.5. The molecule has 2 aromatic heterocycles. The zero-order valence-electron chi connectivity index (χ0n) is 15.4. The highest BCUT2D eigenvalue weighted by molar-refractivity contribution is 7.19. The van der Waals surface area contributed by atoms with E-state index in [9.17, 15) is 9.18 Å². The van der Waals surface area contributed by atoms with Crippen LogP contribution in [0.3, 0.4) is 0 Å². The fourth-order valence-electron chi connectivity index (χ4n) is 2.64. The molecule has 0 saturated carbocycles. The lowest BCUT2D eigenvalue weighted by atomic mass is 10.0. The van der Waals surface area contributed by atoms with Gasteiger partial charge in [-0.15, -0.1) is 11.3 Å². The normalized spacial score (nSPS) is 11.2. The minimum atomic E-state index is -0.658. The maximum atomic E-state index is 13.7. The summed E-state index contributed by atoms with van der Waals surface area (Å²) in [4.78, 5) is 21.0. The molecule has 0 bridgehead atoms. The Labute approximate surface area is 166 Å². The van der Waals surface area contributed by atoms with Gasteiger partial charge in [-0.1, -0.05) is 12.6 Å². The minimum Gasteiger partial charge on any atom is -0.447 e. The molecule has 1 aromatic carbocycles. The van der Waals surface area contributed by atoms with Gasteiger partial charge in [-0.2, -0.15) is 0 Å². The zero-order valence-corrected chi connectivity index (χ0v) is 16.2. The van der Waals surface area contributed by atoms with Crippen LogP contribution in [0.25, 0.3) is 10.4 Å². The van der Waals surface area contributed by atoms with Crippen molar-refractivity contribution in [3.63, 3.8) is 0 Å². The summed E-state index contributed by atoms with van der Waals surface area (Å²) < 4.78 is 19.1. The number of aliphatic imine (C=N–C) groups is 1. The molecule has 2 heterocycles. The summed E-state index contributed by atoms with van der Waals surface area (Å²) in [6, 6.07) is 10.9. The average molecular weight is 395 g/mol. The summed E-state index contributed by atoms with van der Waals surface area (Å²) in [6.45, 7) is 5.56. The number of pyridine rings is 1. The molecule has 0 saturated heterocycles. The number of ether oxygens (including phenoxy) is 1. The molecule has 0 aliphatic rings. The molecule has 1 amide bonds. The van der Waals surface area contributed by atoms with Gasteiger partial charge < -0.3 is 10.1 Å². The molecule has 0 radical (unpaired) electrons. The Balaban J connectivity index is 1.87. The van der Waals surface area contributed by atoms with E-state index in [1.54, 1.807) is 13.1 Å². The van der Waals surface area contributed by atoms with Gasteiger partial charge >= 0.3 is 0 Å². The summed E-state index contributed by atoms with van der Waals surface area (Å²) in [7, 11) is 1.65. The largest absolute Gasteiger partial charge is 0.447 e. The van der Waals surface area contributed by atoms with Gasteiger partial charge in [0.05, 0.1) is 23.0 Å². The third-order valence-electron chi connectivity index (χ3n) is 4.01. The monoisotopic (exact) mass is 395 g/mol. The van der Waals surface area contributed by atoms with Crippen LogP contribution in [-0.2, 0) is 4.74 Å². The SMILES string of the molecule is C=CO/C(=N\C)c1ccc(C)c(-c2ccc(NC(=O)c3ccncc3F)s2)c1. The molecule has 0 unspecified atom stereocenters. The van der Waals surface area contributed by atoms with Crippen LogP contribution in [0, 0.1) is 12.7 Å². The lowest BCUT2D eigenvalue weighted by Crippen LogP contribution is -2.12. The van der Waals surface area contributed by atoms with Crippen LogP contribution < -0.4 is 5.32 Å². The van der Waals surface area contributed by atoms with E-state index < -0.39 is 11.7 Å². The molecule has 7 heteroatoms. The number of carbonyl (C=O) groups excluding carboxylic acids is 1. The number of benzene rings is 1. The van der Waals surface area contributed by atoms with Gasteiger partial charge in [0.15, 0.2) is 5.82 Å². The molecule has 0 atom stereocenters. The number of rotatable bonds is 5. The number of carbonyl (C=O) groups is 1. The molecule has 28 heavy (non-hydrogen) atoms. The number of hydrogen-bond donors (Lipinski definition) is 1. The van der Waals surface area contributed by atoms with Crippen molar-refractivity contribution in [2.75, 3.05) is 12.4 Å². The van der Waals surface area contributed by atoms with Crippen molar-refractivity contribution in [1.82, 2.24) is 4.98 Å². The second-order valence-corrected chi connectivity index (χ2v) is 6.90. The summed E-state index contributed by atoms with van der Waals surface area (Å²) in [6.07, 6.45) is 3.73. The Hall–Kier alpha value is -3.32. The number of amides is 1. The predicted molar refractivity (Wildman–Crippen MR) is 110 cm³/mol. The average Bonchev–Trinajstić information content (AvgIpc) is 3.15. The first-order valence-electron chi connectivity index (χ1n) is 8.40. The summed E-state index contributed by atoms with van der Waals surface area (Å²) in [5.41, 5.74) is 2.83. The van der Waals surface area contributed by atoms with Gasteiger partial charge in [-0.25, -0.2) is 4.39 Å². The van der Waals surface area contributed by atoms with Gasteiger partial charge in [-0.05, 0) is 48.4 Å². The highest BCUT2D eigenvalue weighted by atomic mass is 32.1. The van der Waals surface area contributed by atoms with Gasteiger partial charge in [0.2, 0.25) is 5.90 Å².